The van der Waals surface area contributed by atoms with Gasteiger partial charge >= 0.3 is 0 Å². The number of ether oxygens (including phenoxy) is 2. The minimum absolute atomic E-state index is 0.0987. The molecule has 0 radical (unpaired) electrons. The predicted octanol–water partition coefficient (Wildman–Crippen LogP) is 4.06. The molecule has 3 rings (SSSR count). The lowest BCUT2D eigenvalue weighted by atomic mass is 10.1. The van der Waals surface area contributed by atoms with Crippen LogP contribution >= 0.6 is 11.6 Å². The molecule has 2 aromatic rings. The molecule has 2 aromatic carbocycles. The molecule has 21 heavy (non-hydrogen) atoms. The van der Waals surface area contributed by atoms with Crippen LogP contribution in [0.1, 0.15) is 24.1 Å². The zero-order valence-electron chi connectivity index (χ0n) is 11.5. The smallest absolute Gasteiger partial charge is 0.231 e. The summed E-state index contributed by atoms with van der Waals surface area (Å²) in [6.45, 7) is 2.84. The number of halogens is 2. The van der Waals surface area contributed by atoms with Gasteiger partial charge in [-0.3, -0.25) is 0 Å². The Kier molecular flexibility index (Phi) is 3.99. The lowest BCUT2D eigenvalue weighted by Crippen LogP contribution is -2.18. The molecule has 1 aliphatic rings. The van der Waals surface area contributed by atoms with Crippen molar-refractivity contribution in [3.8, 4) is 11.5 Å². The van der Waals surface area contributed by atoms with E-state index in [-0.39, 0.29) is 18.7 Å². The Morgan fingerprint density at radius 3 is 2.81 bits per heavy atom. The van der Waals surface area contributed by atoms with Gasteiger partial charge in [-0.05, 0) is 48.4 Å². The predicted molar refractivity (Wildman–Crippen MR) is 79.2 cm³/mol. The number of rotatable bonds is 4. The fourth-order valence-corrected chi connectivity index (χ4v) is 2.53. The van der Waals surface area contributed by atoms with Gasteiger partial charge in [0, 0.05) is 17.6 Å². The van der Waals surface area contributed by atoms with Crippen LogP contribution in [-0.4, -0.2) is 6.79 Å². The molecule has 0 spiro atoms. The third-order valence-corrected chi connectivity index (χ3v) is 3.65. The van der Waals surface area contributed by atoms with E-state index in [0.717, 1.165) is 22.6 Å². The van der Waals surface area contributed by atoms with Gasteiger partial charge in [0.25, 0.3) is 0 Å². The first-order valence-corrected chi connectivity index (χ1v) is 7.07. The standard InChI is InChI=1S/C16H15ClFNO2/c1-10(12-2-3-15-16(6-12)21-9-20-15)19-8-11-4-13(17)7-14(18)5-11/h2-7,10,19H,8-9H2,1H3. The Bertz CT molecular complexity index is 642. The SMILES string of the molecule is CC(NCc1cc(F)cc(Cl)c1)c1ccc2c(c1)OCO2. The maximum Gasteiger partial charge on any atom is 0.231 e. The molecule has 0 bridgehead atoms. The summed E-state index contributed by atoms with van der Waals surface area (Å²) < 4.78 is 23.9. The minimum atomic E-state index is -0.324. The number of fused-ring (bicyclic) bond motifs is 1. The van der Waals surface area contributed by atoms with Crippen molar-refractivity contribution >= 4 is 11.6 Å². The van der Waals surface area contributed by atoms with Crippen molar-refractivity contribution in [2.75, 3.05) is 6.79 Å². The molecule has 5 heteroatoms. The third kappa shape index (κ3) is 3.28. The molecule has 0 aliphatic carbocycles. The highest BCUT2D eigenvalue weighted by molar-refractivity contribution is 6.30. The summed E-state index contributed by atoms with van der Waals surface area (Å²) in [5.74, 6) is 1.20. The Labute approximate surface area is 127 Å². The summed E-state index contributed by atoms with van der Waals surface area (Å²) in [4.78, 5) is 0. The average molecular weight is 308 g/mol. The van der Waals surface area contributed by atoms with Crippen molar-refractivity contribution in [3.63, 3.8) is 0 Å². The van der Waals surface area contributed by atoms with Crippen LogP contribution in [0.5, 0.6) is 11.5 Å². The van der Waals surface area contributed by atoms with Crippen molar-refractivity contribution in [2.45, 2.75) is 19.5 Å². The van der Waals surface area contributed by atoms with Crippen molar-refractivity contribution in [1.82, 2.24) is 5.32 Å². The first-order valence-electron chi connectivity index (χ1n) is 6.70. The average Bonchev–Trinajstić information content (AvgIpc) is 2.91. The van der Waals surface area contributed by atoms with Gasteiger partial charge in [-0.1, -0.05) is 17.7 Å². The largest absolute Gasteiger partial charge is 0.454 e. The lowest BCUT2D eigenvalue weighted by molar-refractivity contribution is 0.174. The van der Waals surface area contributed by atoms with Crippen molar-refractivity contribution in [3.05, 3.63) is 58.4 Å². The molecule has 3 nitrogen and oxygen atoms in total. The van der Waals surface area contributed by atoms with E-state index in [9.17, 15) is 4.39 Å². The van der Waals surface area contributed by atoms with E-state index in [1.807, 2.05) is 25.1 Å². The molecule has 0 fully saturated rings. The van der Waals surface area contributed by atoms with Crippen LogP contribution in [0.2, 0.25) is 5.02 Å². The second kappa shape index (κ2) is 5.92. The van der Waals surface area contributed by atoms with Gasteiger partial charge in [0.05, 0.1) is 0 Å². The van der Waals surface area contributed by atoms with Crippen LogP contribution in [0.4, 0.5) is 4.39 Å². The number of hydrogen-bond donors (Lipinski definition) is 1. The highest BCUT2D eigenvalue weighted by Gasteiger charge is 2.15. The number of nitrogens with one attached hydrogen (secondary N) is 1. The molecule has 0 saturated carbocycles. The van der Waals surface area contributed by atoms with E-state index in [0.29, 0.717) is 11.6 Å². The van der Waals surface area contributed by atoms with Crippen LogP contribution in [0.25, 0.3) is 0 Å². The molecule has 0 saturated heterocycles. The molecular weight excluding hydrogens is 293 g/mol. The van der Waals surface area contributed by atoms with Crippen LogP contribution in [0.3, 0.4) is 0 Å². The molecule has 1 N–H and O–H groups in total. The van der Waals surface area contributed by atoms with E-state index in [2.05, 4.69) is 5.32 Å². The highest BCUT2D eigenvalue weighted by atomic mass is 35.5. The quantitative estimate of drug-likeness (QED) is 0.924. The highest BCUT2D eigenvalue weighted by Crippen LogP contribution is 2.34. The maximum atomic E-state index is 13.3. The summed E-state index contributed by atoms with van der Waals surface area (Å²) >= 11 is 5.85. The van der Waals surface area contributed by atoms with Crippen molar-refractivity contribution in [2.24, 2.45) is 0 Å². The van der Waals surface area contributed by atoms with Crippen LogP contribution in [0, 0.1) is 5.82 Å². The first-order chi connectivity index (χ1) is 10.1. The summed E-state index contributed by atoms with van der Waals surface area (Å²) in [5, 5.41) is 3.74. The van der Waals surface area contributed by atoms with Crippen LogP contribution < -0.4 is 14.8 Å². The van der Waals surface area contributed by atoms with E-state index in [1.165, 1.54) is 12.1 Å². The second-order valence-electron chi connectivity index (χ2n) is 4.99. The lowest BCUT2D eigenvalue weighted by Gasteiger charge is -2.15. The van der Waals surface area contributed by atoms with Gasteiger partial charge in [-0.2, -0.15) is 0 Å². The molecule has 0 amide bonds. The Morgan fingerprint density at radius 1 is 1.19 bits per heavy atom. The third-order valence-electron chi connectivity index (χ3n) is 3.43. The zero-order chi connectivity index (χ0) is 14.8. The Balaban J connectivity index is 1.67. The van der Waals surface area contributed by atoms with Gasteiger partial charge < -0.3 is 14.8 Å². The van der Waals surface area contributed by atoms with E-state index in [4.69, 9.17) is 21.1 Å². The molecule has 0 aromatic heterocycles. The van der Waals surface area contributed by atoms with Gasteiger partial charge in [0.15, 0.2) is 11.5 Å². The van der Waals surface area contributed by atoms with Gasteiger partial charge in [0.1, 0.15) is 5.82 Å². The van der Waals surface area contributed by atoms with E-state index < -0.39 is 0 Å². The summed E-state index contributed by atoms with van der Waals surface area (Å²) in [7, 11) is 0. The first kappa shape index (κ1) is 14.2. The normalized spacial score (nSPS) is 14.2. The fraction of sp³-hybridized carbons (Fsp3) is 0.250. The molecule has 1 aliphatic heterocycles. The summed E-state index contributed by atoms with van der Waals surface area (Å²) in [6.07, 6.45) is 0. The maximum absolute atomic E-state index is 13.3. The van der Waals surface area contributed by atoms with E-state index >= 15 is 0 Å². The van der Waals surface area contributed by atoms with Gasteiger partial charge in [-0.15, -0.1) is 0 Å². The summed E-state index contributed by atoms with van der Waals surface area (Å²) in [6, 6.07) is 10.5. The summed E-state index contributed by atoms with van der Waals surface area (Å²) in [5.41, 5.74) is 1.90. The Morgan fingerprint density at radius 2 is 2.00 bits per heavy atom. The topological polar surface area (TPSA) is 30.5 Å². The molecular formula is C16H15ClFNO2. The van der Waals surface area contributed by atoms with Crippen LogP contribution in [0.15, 0.2) is 36.4 Å². The second-order valence-corrected chi connectivity index (χ2v) is 5.43. The van der Waals surface area contributed by atoms with Gasteiger partial charge in [-0.25, -0.2) is 4.39 Å². The fourth-order valence-electron chi connectivity index (χ4n) is 2.28. The van der Waals surface area contributed by atoms with Crippen LogP contribution in [-0.2, 0) is 6.54 Å². The minimum Gasteiger partial charge on any atom is -0.454 e. The van der Waals surface area contributed by atoms with Crippen molar-refractivity contribution < 1.29 is 13.9 Å². The van der Waals surface area contributed by atoms with E-state index in [1.54, 1.807) is 6.07 Å². The Hall–Kier alpha value is -1.78. The molecule has 1 heterocycles. The molecule has 110 valence electrons. The van der Waals surface area contributed by atoms with Crippen molar-refractivity contribution in [1.29, 1.82) is 0 Å². The monoisotopic (exact) mass is 307 g/mol. The van der Waals surface area contributed by atoms with Gasteiger partial charge in [0.2, 0.25) is 6.79 Å². The number of benzene rings is 2. The molecule has 1 atom stereocenters. The zero-order valence-corrected chi connectivity index (χ0v) is 12.3. The number of hydrogen-bond acceptors (Lipinski definition) is 3. The molecule has 1 unspecified atom stereocenters.